The smallest absolute Gasteiger partial charge is 0.239 e. The van der Waals surface area contributed by atoms with Gasteiger partial charge in [-0.25, -0.2) is 0 Å². The molecule has 2 atom stereocenters. The summed E-state index contributed by atoms with van der Waals surface area (Å²) in [5.41, 5.74) is 0.848. The van der Waals surface area contributed by atoms with E-state index in [4.69, 9.17) is 0 Å². The predicted molar refractivity (Wildman–Crippen MR) is 93.3 cm³/mol. The molecular weight excluding hydrogens is 358 g/mol. The van der Waals surface area contributed by atoms with Crippen LogP contribution in [0.4, 0.5) is 5.69 Å². The fourth-order valence-electron chi connectivity index (χ4n) is 3.59. The van der Waals surface area contributed by atoms with Crippen molar-refractivity contribution in [1.29, 1.82) is 0 Å². The minimum Gasteiger partial charge on any atom is -0.338 e. The highest BCUT2D eigenvalue weighted by molar-refractivity contribution is 9.10. The van der Waals surface area contributed by atoms with E-state index in [9.17, 15) is 9.59 Å². The summed E-state index contributed by atoms with van der Waals surface area (Å²) in [6.45, 7) is 2.16. The van der Waals surface area contributed by atoms with Crippen LogP contribution in [0.3, 0.4) is 0 Å². The molecular formula is C17H22BrN3O2. The third kappa shape index (κ3) is 3.15. The van der Waals surface area contributed by atoms with Gasteiger partial charge in [-0.05, 0) is 54.4 Å². The van der Waals surface area contributed by atoms with Gasteiger partial charge in [0.05, 0.1) is 5.69 Å². The SMILES string of the molecule is CNC[C@@H]1CCCN1C(=O)[C@@H]1CCN(c2ccccc2Br)C1=O. The minimum absolute atomic E-state index is 0.00213. The largest absolute Gasteiger partial charge is 0.338 e. The van der Waals surface area contributed by atoms with E-state index in [1.165, 1.54) is 0 Å². The van der Waals surface area contributed by atoms with E-state index in [0.29, 0.717) is 13.0 Å². The molecule has 1 aromatic carbocycles. The number of amides is 2. The summed E-state index contributed by atoms with van der Waals surface area (Å²) in [6, 6.07) is 7.88. The van der Waals surface area contributed by atoms with E-state index in [-0.39, 0.29) is 17.9 Å². The van der Waals surface area contributed by atoms with Gasteiger partial charge < -0.3 is 15.1 Å². The molecule has 1 aromatic rings. The fraction of sp³-hybridized carbons (Fsp3) is 0.529. The summed E-state index contributed by atoms with van der Waals surface area (Å²) in [4.78, 5) is 29.2. The lowest BCUT2D eigenvalue weighted by molar-refractivity contribution is -0.140. The number of anilines is 1. The molecule has 6 heteroatoms. The first-order valence-corrected chi connectivity index (χ1v) is 8.93. The number of nitrogens with one attached hydrogen (secondary N) is 1. The Morgan fingerprint density at radius 2 is 2.09 bits per heavy atom. The van der Waals surface area contributed by atoms with Crippen molar-refractivity contribution < 1.29 is 9.59 Å². The molecule has 0 bridgehead atoms. The van der Waals surface area contributed by atoms with Gasteiger partial charge >= 0.3 is 0 Å². The second-order valence-corrected chi connectivity index (χ2v) is 7.02. The van der Waals surface area contributed by atoms with E-state index in [1.807, 2.05) is 36.2 Å². The Kier molecular flexibility index (Phi) is 5.02. The number of hydrogen-bond acceptors (Lipinski definition) is 3. The van der Waals surface area contributed by atoms with Crippen LogP contribution in [0, 0.1) is 5.92 Å². The van der Waals surface area contributed by atoms with Gasteiger partial charge in [-0.2, -0.15) is 0 Å². The van der Waals surface area contributed by atoms with Gasteiger partial charge in [0.1, 0.15) is 5.92 Å². The van der Waals surface area contributed by atoms with Crippen LogP contribution in [0.15, 0.2) is 28.7 Å². The number of likely N-dealkylation sites (tertiary alicyclic amines) is 1. The van der Waals surface area contributed by atoms with Gasteiger partial charge in [0.15, 0.2) is 0 Å². The fourth-order valence-corrected chi connectivity index (χ4v) is 4.09. The van der Waals surface area contributed by atoms with Crippen LogP contribution in [0.5, 0.6) is 0 Å². The molecule has 0 aliphatic carbocycles. The third-order valence-electron chi connectivity index (χ3n) is 4.75. The molecule has 0 aromatic heterocycles. The quantitative estimate of drug-likeness (QED) is 0.814. The lowest BCUT2D eigenvalue weighted by atomic mass is 10.1. The maximum absolute atomic E-state index is 12.8. The molecule has 2 aliphatic rings. The number of rotatable bonds is 4. The average molecular weight is 380 g/mol. The van der Waals surface area contributed by atoms with Gasteiger partial charge in [0, 0.05) is 30.1 Å². The van der Waals surface area contributed by atoms with Crippen LogP contribution in [0.1, 0.15) is 19.3 Å². The number of carbonyl (C=O) groups excluding carboxylic acids is 2. The van der Waals surface area contributed by atoms with Crippen LogP contribution in [-0.4, -0.2) is 49.4 Å². The second kappa shape index (κ2) is 7.01. The average Bonchev–Trinajstić information content (AvgIpc) is 3.15. The Hall–Kier alpha value is -1.40. The third-order valence-corrected chi connectivity index (χ3v) is 5.42. The zero-order valence-corrected chi connectivity index (χ0v) is 14.9. The molecule has 2 aliphatic heterocycles. The Labute approximate surface area is 145 Å². The summed E-state index contributed by atoms with van der Waals surface area (Å²) in [5.74, 6) is -0.598. The molecule has 23 heavy (non-hydrogen) atoms. The van der Waals surface area contributed by atoms with Crippen molar-refractivity contribution in [3.05, 3.63) is 28.7 Å². The zero-order valence-electron chi connectivity index (χ0n) is 13.3. The topological polar surface area (TPSA) is 52.7 Å². The lowest BCUT2D eigenvalue weighted by Crippen LogP contribution is -2.45. The standard InChI is InChI=1S/C17H22BrN3O2/c1-19-11-12-5-4-9-20(12)16(22)13-8-10-21(17(13)23)15-7-3-2-6-14(15)18/h2-3,6-7,12-13,19H,4-5,8-11H2,1H3/t12-,13-/m0/s1. The van der Waals surface area contributed by atoms with Crippen molar-refractivity contribution in [3.63, 3.8) is 0 Å². The minimum atomic E-state index is -0.528. The lowest BCUT2D eigenvalue weighted by Gasteiger charge is -2.27. The van der Waals surface area contributed by atoms with Crippen molar-refractivity contribution in [3.8, 4) is 0 Å². The molecule has 2 amide bonds. The van der Waals surface area contributed by atoms with Gasteiger partial charge in [-0.1, -0.05) is 12.1 Å². The van der Waals surface area contributed by atoms with E-state index >= 15 is 0 Å². The van der Waals surface area contributed by atoms with Crippen LogP contribution < -0.4 is 10.2 Å². The number of hydrogen-bond donors (Lipinski definition) is 1. The van der Waals surface area contributed by atoms with Gasteiger partial charge in [0.2, 0.25) is 11.8 Å². The Bertz CT molecular complexity index is 607. The molecule has 2 heterocycles. The number of nitrogens with zero attached hydrogens (tertiary/aromatic N) is 2. The maximum Gasteiger partial charge on any atom is 0.239 e. The molecule has 124 valence electrons. The van der Waals surface area contributed by atoms with E-state index < -0.39 is 5.92 Å². The van der Waals surface area contributed by atoms with Gasteiger partial charge in [-0.3, -0.25) is 9.59 Å². The van der Waals surface area contributed by atoms with Crippen molar-refractivity contribution in [2.45, 2.75) is 25.3 Å². The van der Waals surface area contributed by atoms with Crippen molar-refractivity contribution in [2.75, 3.05) is 31.6 Å². The first-order valence-electron chi connectivity index (χ1n) is 8.14. The monoisotopic (exact) mass is 379 g/mol. The number of para-hydroxylation sites is 1. The number of likely N-dealkylation sites (N-methyl/N-ethyl adjacent to an activating group) is 1. The molecule has 0 radical (unpaired) electrons. The summed E-state index contributed by atoms with van der Waals surface area (Å²) in [6.07, 6.45) is 2.64. The van der Waals surface area contributed by atoms with E-state index in [1.54, 1.807) is 4.90 Å². The van der Waals surface area contributed by atoms with Crippen LogP contribution in [0.25, 0.3) is 0 Å². The Morgan fingerprint density at radius 1 is 1.30 bits per heavy atom. The highest BCUT2D eigenvalue weighted by Crippen LogP contribution is 2.33. The van der Waals surface area contributed by atoms with Gasteiger partial charge in [-0.15, -0.1) is 0 Å². The summed E-state index contributed by atoms with van der Waals surface area (Å²) < 4.78 is 0.885. The summed E-state index contributed by atoms with van der Waals surface area (Å²) >= 11 is 3.49. The van der Waals surface area contributed by atoms with Crippen LogP contribution in [-0.2, 0) is 9.59 Å². The van der Waals surface area contributed by atoms with E-state index in [2.05, 4.69) is 21.2 Å². The first kappa shape index (κ1) is 16.5. The molecule has 0 saturated carbocycles. The van der Waals surface area contributed by atoms with Gasteiger partial charge in [0.25, 0.3) is 0 Å². The van der Waals surface area contributed by atoms with Crippen LogP contribution in [0.2, 0.25) is 0 Å². The Balaban J connectivity index is 1.74. The van der Waals surface area contributed by atoms with Crippen LogP contribution >= 0.6 is 15.9 Å². The normalized spacial score (nSPS) is 24.5. The van der Waals surface area contributed by atoms with Crippen molar-refractivity contribution in [1.82, 2.24) is 10.2 Å². The van der Waals surface area contributed by atoms with Crippen molar-refractivity contribution in [2.24, 2.45) is 5.92 Å². The molecule has 5 nitrogen and oxygen atoms in total. The molecule has 2 fully saturated rings. The highest BCUT2D eigenvalue weighted by Gasteiger charge is 2.42. The van der Waals surface area contributed by atoms with E-state index in [0.717, 1.165) is 36.1 Å². The predicted octanol–water partition coefficient (Wildman–Crippen LogP) is 2.01. The first-order chi connectivity index (χ1) is 11.1. The summed E-state index contributed by atoms with van der Waals surface area (Å²) in [7, 11) is 1.90. The number of benzene rings is 1. The Morgan fingerprint density at radius 3 is 2.83 bits per heavy atom. The number of halogens is 1. The molecule has 2 saturated heterocycles. The molecule has 0 spiro atoms. The maximum atomic E-state index is 12.8. The van der Waals surface area contributed by atoms with Crippen molar-refractivity contribution >= 4 is 33.4 Å². The zero-order chi connectivity index (χ0) is 16.4. The molecule has 1 N–H and O–H groups in total. The summed E-state index contributed by atoms with van der Waals surface area (Å²) in [5, 5.41) is 3.14. The molecule has 3 rings (SSSR count). The second-order valence-electron chi connectivity index (χ2n) is 6.17. The number of carbonyl (C=O) groups is 2. The highest BCUT2D eigenvalue weighted by atomic mass is 79.9. The molecule has 0 unspecified atom stereocenters.